The fraction of sp³-hybridized carbons (Fsp3) is 0.0714. The number of nitrogens with two attached hydrogens (primary N) is 1. The number of rotatable bonds is 2. The molecule has 0 spiro atoms. The molecule has 2 aromatic rings. The van der Waals surface area contributed by atoms with Crippen molar-refractivity contribution in [3.8, 4) is 17.6 Å². The molecule has 2 rings (SSSR count). The Balaban J connectivity index is 2.40. The van der Waals surface area contributed by atoms with E-state index in [1.54, 1.807) is 24.3 Å². The van der Waals surface area contributed by atoms with Gasteiger partial charge in [-0.3, -0.25) is 0 Å². The van der Waals surface area contributed by atoms with E-state index in [2.05, 4.69) is 0 Å². The zero-order valence-corrected chi connectivity index (χ0v) is 10.5. The van der Waals surface area contributed by atoms with E-state index in [0.29, 0.717) is 27.8 Å². The molecule has 0 heterocycles. The molecule has 0 fully saturated rings. The Bertz CT molecular complexity index is 632. The highest BCUT2D eigenvalue weighted by Crippen LogP contribution is 2.31. The smallest absolute Gasteiger partial charge is 0.150 e. The molecule has 2 N–H and O–H groups in total. The van der Waals surface area contributed by atoms with Crippen LogP contribution < -0.4 is 10.5 Å². The minimum Gasteiger partial charge on any atom is -0.454 e. The molecule has 0 saturated heterocycles. The molecule has 0 unspecified atom stereocenters. The third-order valence-corrected chi connectivity index (χ3v) is 2.68. The third kappa shape index (κ3) is 2.55. The number of nitrogens with zero attached hydrogens (tertiary/aromatic N) is 1. The Kier molecular flexibility index (Phi) is 3.40. The van der Waals surface area contributed by atoms with Crippen LogP contribution in [0.25, 0.3) is 0 Å². The highest BCUT2D eigenvalue weighted by atomic mass is 35.5. The van der Waals surface area contributed by atoms with Crippen molar-refractivity contribution < 1.29 is 4.74 Å². The average molecular weight is 259 g/mol. The third-order valence-electron chi connectivity index (χ3n) is 2.45. The van der Waals surface area contributed by atoms with Crippen molar-refractivity contribution in [2.75, 3.05) is 5.73 Å². The summed E-state index contributed by atoms with van der Waals surface area (Å²) in [6, 6.07) is 12.4. The van der Waals surface area contributed by atoms with Crippen LogP contribution >= 0.6 is 11.6 Å². The molecule has 4 heteroatoms. The molecular weight excluding hydrogens is 248 g/mol. The van der Waals surface area contributed by atoms with Gasteiger partial charge < -0.3 is 10.5 Å². The molecular formula is C14H11ClN2O. The van der Waals surface area contributed by atoms with E-state index in [4.69, 9.17) is 27.3 Å². The van der Waals surface area contributed by atoms with Gasteiger partial charge in [0, 0.05) is 11.1 Å². The molecule has 0 aliphatic rings. The Hall–Kier alpha value is -2.18. The summed E-state index contributed by atoms with van der Waals surface area (Å²) < 4.78 is 5.64. The summed E-state index contributed by atoms with van der Waals surface area (Å²) in [7, 11) is 0. The van der Waals surface area contributed by atoms with Crippen molar-refractivity contribution in [1.82, 2.24) is 0 Å². The first-order chi connectivity index (χ1) is 8.60. The summed E-state index contributed by atoms with van der Waals surface area (Å²) in [5, 5.41) is 9.51. The fourth-order valence-electron chi connectivity index (χ4n) is 1.55. The number of aryl methyl sites for hydroxylation is 1. The van der Waals surface area contributed by atoms with Gasteiger partial charge in [0.1, 0.15) is 17.6 Å². The molecule has 0 aliphatic carbocycles. The van der Waals surface area contributed by atoms with Crippen LogP contribution in [0, 0.1) is 18.3 Å². The highest BCUT2D eigenvalue weighted by Gasteiger charge is 2.08. The predicted octanol–water partition coefficient (Wildman–Crippen LogP) is 3.89. The SMILES string of the molecule is Cc1ccc(Oc2cc(Cl)ccc2C#N)c(N)c1. The second kappa shape index (κ2) is 4.99. The summed E-state index contributed by atoms with van der Waals surface area (Å²) in [6.45, 7) is 1.94. The summed E-state index contributed by atoms with van der Waals surface area (Å²) >= 11 is 5.88. The van der Waals surface area contributed by atoms with Gasteiger partial charge in [-0.25, -0.2) is 0 Å². The zero-order chi connectivity index (χ0) is 13.1. The maximum absolute atomic E-state index is 9.00. The monoisotopic (exact) mass is 258 g/mol. The Labute approximate surface area is 110 Å². The molecule has 18 heavy (non-hydrogen) atoms. The lowest BCUT2D eigenvalue weighted by molar-refractivity contribution is 0.483. The van der Waals surface area contributed by atoms with Gasteiger partial charge in [-0.15, -0.1) is 0 Å². The van der Waals surface area contributed by atoms with Crippen LogP contribution in [0.3, 0.4) is 0 Å². The average Bonchev–Trinajstić information content (AvgIpc) is 2.33. The Morgan fingerprint density at radius 1 is 1.17 bits per heavy atom. The second-order valence-electron chi connectivity index (χ2n) is 3.90. The summed E-state index contributed by atoms with van der Waals surface area (Å²) in [6.07, 6.45) is 0. The predicted molar refractivity (Wildman–Crippen MR) is 71.8 cm³/mol. The number of nitriles is 1. The Morgan fingerprint density at radius 3 is 2.61 bits per heavy atom. The van der Waals surface area contributed by atoms with Crippen molar-refractivity contribution in [2.45, 2.75) is 6.92 Å². The van der Waals surface area contributed by atoms with Crippen molar-refractivity contribution in [3.05, 3.63) is 52.5 Å². The zero-order valence-electron chi connectivity index (χ0n) is 9.77. The fourth-order valence-corrected chi connectivity index (χ4v) is 1.71. The number of hydrogen-bond acceptors (Lipinski definition) is 3. The normalized spacial score (nSPS) is 9.83. The largest absolute Gasteiger partial charge is 0.454 e. The number of ether oxygens (including phenoxy) is 1. The van der Waals surface area contributed by atoms with E-state index in [9.17, 15) is 0 Å². The molecule has 3 nitrogen and oxygen atoms in total. The van der Waals surface area contributed by atoms with Crippen LogP contribution in [0.4, 0.5) is 5.69 Å². The van der Waals surface area contributed by atoms with Crippen LogP contribution in [-0.2, 0) is 0 Å². The number of anilines is 1. The van der Waals surface area contributed by atoms with Crippen LogP contribution in [0.15, 0.2) is 36.4 Å². The van der Waals surface area contributed by atoms with Gasteiger partial charge in [0.05, 0.1) is 11.3 Å². The first-order valence-electron chi connectivity index (χ1n) is 5.34. The summed E-state index contributed by atoms with van der Waals surface area (Å²) in [4.78, 5) is 0. The van der Waals surface area contributed by atoms with Gasteiger partial charge in [-0.2, -0.15) is 5.26 Å². The standard InChI is InChI=1S/C14H11ClN2O/c1-9-2-5-13(12(17)6-9)18-14-7-11(15)4-3-10(14)8-16/h2-7H,17H2,1H3. The van der Waals surface area contributed by atoms with Crippen molar-refractivity contribution >= 4 is 17.3 Å². The maximum Gasteiger partial charge on any atom is 0.150 e. The van der Waals surface area contributed by atoms with Crippen LogP contribution in [0.2, 0.25) is 5.02 Å². The molecule has 0 atom stereocenters. The number of benzene rings is 2. The highest BCUT2D eigenvalue weighted by molar-refractivity contribution is 6.30. The Morgan fingerprint density at radius 2 is 1.94 bits per heavy atom. The molecule has 0 aliphatic heterocycles. The van der Waals surface area contributed by atoms with Gasteiger partial charge >= 0.3 is 0 Å². The lowest BCUT2D eigenvalue weighted by Gasteiger charge is -2.10. The first kappa shape index (κ1) is 12.3. The van der Waals surface area contributed by atoms with E-state index >= 15 is 0 Å². The summed E-state index contributed by atoms with van der Waals surface area (Å²) in [5.74, 6) is 0.917. The van der Waals surface area contributed by atoms with E-state index in [-0.39, 0.29) is 0 Å². The topological polar surface area (TPSA) is 59.0 Å². The van der Waals surface area contributed by atoms with Crippen LogP contribution in [0.5, 0.6) is 11.5 Å². The van der Waals surface area contributed by atoms with Gasteiger partial charge in [-0.1, -0.05) is 17.7 Å². The lowest BCUT2D eigenvalue weighted by atomic mass is 10.2. The number of halogens is 1. The van der Waals surface area contributed by atoms with Crippen molar-refractivity contribution in [2.24, 2.45) is 0 Å². The molecule has 0 saturated carbocycles. The van der Waals surface area contributed by atoms with Crippen LogP contribution in [-0.4, -0.2) is 0 Å². The molecule has 2 aromatic carbocycles. The number of hydrogen-bond donors (Lipinski definition) is 1. The van der Waals surface area contributed by atoms with E-state index < -0.39 is 0 Å². The van der Waals surface area contributed by atoms with Crippen molar-refractivity contribution in [3.63, 3.8) is 0 Å². The lowest BCUT2D eigenvalue weighted by Crippen LogP contribution is -1.94. The van der Waals surface area contributed by atoms with Gasteiger partial charge in [0.25, 0.3) is 0 Å². The van der Waals surface area contributed by atoms with E-state index in [0.717, 1.165) is 5.56 Å². The molecule has 0 amide bonds. The van der Waals surface area contributed by atoms with E-state index in [1.165, 1.54) is 0 Å². The first-order valence-corrected chi connectivity index (χ1v) is 5.71. The molecule has 0 radical (unpaired) electrons. The minimum atomic E-state index is 0.403. The molecule has 0 aromatic heterocycles. The van der Waals surface area contributed by atoms with Gasteiger partial charge in [0.15, 0.2) is 0 Å². The van der Waals surface area contributed by atoms with E-state index in [1.807, 2.05) is 25.1 Å². The number of nitrogen functional groups attached to an aromatic ring is 1. The van der Waals surface area contributed by atoms with Crippen LogP contribution in [0.1, 0.15) is 11.1 Å². The maximum atomic E-state index is 9.00. The quantitative estimate of drug-likeness (QED) is 0.831. The van der Waals surface area contributed by atoms with Gasteiger partial charge in [-0.05, 0) is 36.8 Å². The molecule has 90 valence electrons. The second-order valence-corrected chi connectivity index (χ2v) is 4.33. The minimum absolute atomic E-state index is 0.403. The van der Waals surface area contributed by atoms with Gasteiger partial charge in [0.2, 0.25) is 0 Å². The summed E-state index contributed by atoms with van der Waals surface area (Å²) in [5.41, 5.74) is 7.85. The van der Waals surface area contributed by atoms with Crippen molar-refractivity contribution in [1.29, 1.82) is 5.26 Å². The molecule has 0 bridgehead atoms.